The van der Waals surface area contributed by atoms with E-state index < -0.39 is 0 Å². The van der Waals surface area contributed by atoms with E-state index in [1.165, 1.54) is 18.9 Å². The van der Waals surface area contributed by atoms with E-state index >= 15 is 0 Å². The van der Waals surface area contributed by atoms with E-state index in [9.17, 15) is 4.79 Å². The number of carbonyl (C=O) groups excluding carboxylic acids is 1. The van der Waals surface area contributed by atoms with Crippen molar-refractivity contribution < 1.29 is 14.3 Å². The van der Waals surface area contributed by atoms with Gasteiger partial charge in [0.15, 0.2) is 10.9 Å². The minimum Gasteiger partial charge on any atom is -0.497 e. The summed E-state index contributed by atoms with van der Waals surface area (Å²) in [6, 6.07) is 5.14. The Bertz CT molecular complexity index is 613. The summed E-state index contributed by atoms with van der Waals surface area (Å²) in [5, 5.41) is 8.39. The van der Waals surface area contributed by atoms with Crippen LogP contribution in [0.4, 0.5) is 0 Å². The first kappa shape index (κ1) is 14.4. The molecular weight excluding hydrogens is 278 g/mol. The average Bonchev–Trinajstić information content (AvgIpc) is 2.89. The fraction of sp³-hybridized carbons (Fsp3) is 0.308. The predicted octanol–water partition coefficient (Wildman–Crippen LogP) is 1.81. The fourth-order valence-corrected chi connectivity index (χ4v) is 2.41. The summed E-state index contributed by atoms with van der Waals surface area (Å²) in [7, 11) is 4.93. The minimum absolute atomic E-state index is 0.0301. The molecule has 0 aliphatic rings. The number of aromatic nitrogens is 3. The van der Waals surface area contributed by atoms with Crippen LogP contribution in [0.2, 0.25) is 0 Å². The molecule has 0 amide bonds. The van der Waals surface area contributed by atoms with E-state index in [-0.39, 0.29) is 11.5 Å². The Labute approximate surface area is 121 Å². The van der Waals surface area contributed by atoms with Crippen molar-refractivity contribution in [1.29, 1.82) is 0 Å². The number of carbonyl (C=O) groups is 1. The van der Waals surface area contributed by atoms with Crippen molar-refractivity contribution in [2.24, 2.45) is 7.05 Å². The van der Waals surface area contributed by atoms with Gasteiger partial charge in [-0.2, -0.15) is 0 Å². The average molecular weight is 293 g/mol. The molecule has 0 unspecified atom stereocenters. The molecule has 0 atom stereocenters. The zero-order valence-electron chi connectivity index (χ0n) is 11.5. The summed E-state index contributed by atoms with van der Waals surface area (Å²) in [5.74, 6) is 1.40. The van der Waals surface area contributed by atoms with Crippen LogP contribution in [0.1, 0.15) is 10.4 Å². The van der Waals surface area contributed by atoms with Gasteiger partial charge in [-0.1, -0.05) is 11.8 Å². The normalized spacial score (nSPS) is 10.3. The molecule has 1 aromatic carbocycles. The van der Waals surface area contributed by atoms with Gasteiger partial charge in [0.1, 0.15) is 17.8 Å². The highest BCUT2D eigenvalue weighted by Crippen LogP contribution is 2.26. The largest absolute Gasteiger partial charge is 0.497 e. The molecule has 0 saturated heterocycles. The number of methoxy groups -OCH3 is 2. The van der Waals surface area contributed by atoms with Crippen molar-refractivity contribution >= 4 is 17.5 Å². The Kier molecular flexibility index (Phi) is 4.62. The third-order valence-electron chi connectivity index (χ3n) is 2.71. The van der Waals surface area contributed by atoms with Crippen LogP contribution >= 0.6 is 11.8 Å². The van der Waals surface area contributed by atoms with Crippen LogP contribution in [0, 0.1) is 0 Å². The molecule has 0 N–H and O–H groups in total. The van der Waals surface area contributed by atoms with Gasteiger partial charge < -0.3 is 14.0 Å². The maximum absolute atomic E-state index is 12.2. The molecular formula is C13H15N3O3S. The van der Waals surface area contributed by atoms with E-state index in [0.717, 1.165) is 0 Å². The summed E-state index contributed by atoms with van der Waals surface area (Å²) in [6.45, 7) is 0. The molecule has 1 heterocycles. The van der Waals surface area contributed by atoms with Crippen LogP contribution < -0.4 is 9.47 Å². The number of hydrogen-bond donors (Lipinski definition) is 0. The van der Waals surface area contributed by atoms with Gasteiger partial charge in [0.05, 0.1) is 25.5 Å². The maximum atomic E-state index is 12.2. The van der Waals surface area contributed by atoms with Crippen LogP contribution in [0.15, 0.2) is 29.7 Å². The second-order valence-corrected chi connectivity index (χ2v) is 4.94. The van der Waals surface area contributed by atoms with Crippen molar-refractivity contribution in [3.05, 3.63) is 30.1 Å². The first-order chi connectivity index (χ1) is 9.65. The van der Waals surface area contributed by atoms with E-state index in [4.69, 9.17) is 9.47 Å². The fourth-order valence-electron chi connectivity index (χ4n) is 1.64. The molecule has 7 heteroatoms. The number of ketones is 1. The van der Waals surface area contributed by atoms with Crippen LogP contribution in [-0.2, 0) is 7.05 Å². The van der Waals surface area contributed by atoms with E-state index in [1.54, 1.807) is 36.2 Å². The molecule has 0 fully saturated rings. The third-order valence-corrected chi connectivity index (χ3v) is 3.75. The lowest BCUT2D eigenvalue weighted by Crippen LogP contribution is -2.06. The summed E-state index contributed by atoms with van der Waals surface area (Å²) in [6.07, 6.45) is 1.60. The van der Waals surface area contributed by atoms with Crippen molar-refractivity contribution in [1.82, 2.24) is 14.8 Å². The van der Waals surface area contributed by atoms with Crippen LogP contribution in [0.25, 0.3) is 0 Å². The van der Waals surface area contributed by atoms with Gasteiger partial charge >= 0.3 is 0 Å². The summed E-state index contributed by atoms with van der Waals surface area (Å²) < 4.78 is 12.1. The topological polar surface area (TPSA) is 66.2 Å². The molecule has 2 rings (SSSR count). The number of benzene rings is 1. The SMILES string of the molecule is COc1ccc(C(=O)CSc2nncn2C)c(OC)c1. The van der Waals surface area contributed by atoms with Crippen molar-refractivity contribution in [3.8, 4) is 11.5 Å². The highest BCUT2D eigenvalue weighted by molar-refractivity contribution is 7.99. The van der Waals surface area contributed by atoms with Gasteiger partial charge in [0.25, 0.3) is 0 Å². The van der Waals surface area contributed by atoms with E-state index in [2.05, 4.69) is 10.2 Å². The lowest BCUT2D eigenvalue weighted by Gasteiger charge is -2.09. The standard InChI is InChI=1S/C13H15N3O3S/c1-16-8-14-15-13(16)20-7-11(17)10-5-4-9(18-2)6-12(10)19-3/h4-6,8H,7H2,1-3H3. The van der Waals surface area contributed by atoms with Crippen LogP contribution in [0.5, 0.6) is 11.5 Å². The molecule has 106 valence electrons. The number of rotatable bonds is 6. The monoisotopic (exact) mass is 293 g/mol. The van der Waals surface area contributed by atoms with Gasteiger partial charge in [0.2, 0.25) is 0 Å². The second-order valence-electron chi connectivity index (χ2n) is 4.00. The van der Waals surface area contributed by atoms with Gasteiger partial charge in [0, 0.05) is 13.1 Å². The van der Waals surface area contributed by atoms with Gasteiger partial charge in [-0.3, -0.25) is 4.79 Å². The Balaban J connectivity index is 2.11. The predicted molar refractivity (Wildman–Crippen MR) is 75.6 cm³/mol. The molecule has 0 aliphatic heterocycles. The number of ether oxygens (including phenoxy) is 2. The van der Waals surface area contributed by atoms with Gasteiger partial charge in [-0.25, -0.2) is 0 Å². The van der Waals surface area contributed by atoms with Crippen molar-refractivity contribution in [3.63, 3.8) is 0 Å². The minimum atomic E-state index is -0.0301. The zero-order chi connectivity index (χ0) is 14.5. The number of thioether (sulfide) groups is 1. The van der Waals surface area contributed by atoms with Gasteiger partial charge in [-0.15, -0.1) is 10.2 Å². The summed E-state index contributed by atoms with van der Waals surface area (Å²) >= 11 is 1.34. The lowest BCUT2D eigenvalue weighted by molar-refractivity contribution is 0.101. The molecule has 0 saturated carbocycles. The number of nitrogens with zero attached hydrogens (tertiary/aromatic N) is 3. The first-order valence-corrected chi connectivity index (χ1v) is 6.86. The molecule has 0 radical (unpaired) electrons. The van der Waals surface area contributed by atoms with Gasteiger partial charge in [-0.05, 0) is 12.1 Å². The number of Topliss-reactive ketones (excluding diaryl/α,β-unsaturated/α-hetero) is 1. The molecule has 0 spiro atoms. The Morgan fingerprint density at radius 3 is 2.75 bits per heavy atom. The molecule has 20 heavy (non-hydrogen) atoms. The maximum Gasteiger partial charge on any atom is 0.191 e. The van der Waals surface area contributed by atoms with Crippen molar-refractivity contribution in [2.45, 2.75) is 5.16 Å². The molecule has 0 bridgehead atoms. The van der Waals surface area contributed by atoms with Crippen LogP contribution in [0.3, 0.4) is 0 Å². The second kappa shape index (κ2) is 6.42. The zero-order valence-corrected chi connectivity index (χ0v) is 12.3. The highest BCUT2D eigenvalue weighted by Gasteiger charge is 2.14. The lowest BCUT2D eigenvalue weighted by atomic mass is 10.1. The van der Waals surface area contributed by atoms with Crippen molar-refractivity contribution in [2.75, 3.05) is 20.0 Å². The number of aryl methyl sites for hydroxylation is 1. The molecule has 2 aromatic rings. The smallest absolute Gasteiger partial charge is 0.191 e. The number of hydrogen-bond acceptors (Lipinski definition) is 6. The van der Waals surface area contributed by atoms with E-state index in [1.807, 2.05) is 7.05 Å². The van der Waals surface area contributed by atoms with Crippen LogP contribution in [-0.4, -0.2) is 40.5 Å². The highest BCUT2D eigenvalue weighted by atomic mass is 32.2. The van der Waals surface area contributed by atoms with E-state index in [0.29, 0.717) is 22.2 Å². The molecule has 1 aromatic heterocycles. The molecule has 0 aliphatic carbocycles. The Morgan fingerprint density at radius 2 is 2.15 bits per heavy atom. The quantitative estimate of drug-likeness (QED) is 0.598. The Morgan fingerprint density at radius 1 is 1.35 bits per heavy atom. The summed E-state index contributed by atoms with van der Waals surface area (Å²) in [5.41, 5.74) is 0.531. The Hall–Kier alpha value is -2.02. The first-order valence-electron chi connectivity index (χ1n) is 5.87. The third kappa shape index (κ3) is 3.11. The molecule has 6 nitrogen and oxygen atoms in total. The summed E-state index contributed by atoms with van der Waals surface area (Å²) in [4.78, 5) is 12.2.